The lowest BCUT2D eigenvalue weighted by Crippen LogP contribution is -2.41. The molecule has 1 fully saturated rings. The van der Waals surface area contributed by atoms with Gasteiger partial charge in [0.2, 0.25) is 11.8 Å². The van der Waals surface area contributed by atoms with E-state index in [0.29, 0.717) is 18.0 Å². The van der Waals surface area contributed by atoms with Crippen molar-refractivity contribution in [3.8, 4) is 0 Å². The molecule has 1 N–H and O–H groups in total. The lowest BCUT2D eigenvalue weighted by atomic mass is 9.69. The molecule has 1 aromatic heterocycles. The summed E-state index contributed by atoms with van der Waals surface area (Å²) in [5, 5.41) is 5.38. The summed E-state index contributed by atoms with van der Waals surface area (Å²) >= 11 is 1.42. The van der Waals surface area contributed by atoms with Gasteiger partial charge in [0.25, 0.3) is 0 Å². The Hall–Kier alpha value is -1.47. The maximum absolute atomic E-state index is 13.1. The topological polar surface area (TPSA) is 65.5 Å². The lowest BCUT2D eigenvalue weighted by Gasteiger charge is -2.38. The first-order valence-corrected chi connectivity index (χ1v) is 10.9. The molecule has 0 bridgehead atoms. The Morgan fingerprint density at radius 3 is 2.48 bits per heavy atom. The number of carbonyl (C=O) groups excluding carboxylic acids is 2. The third-order valence-corrected chi connectivity index (χ3v) is 6.01. The van der Waals surface area contributed by atoms with E-state index >= 15 is 0 Å². The van der Waals surface area contributed by atoms with Crippen LogP contribution < -0.4 is 5.32 Å². The molecule has 6 nitrogen and oxygen atoms in total. The van der Waals surface area contributed by atoms with Gasteiger partial charge in [0, 0.05) is 44.1 Å². The Morgan fingerprint density at radius 1 is 1.15 bits per heavy atom. The maximum atomic E-state index is 13.1. The van der Waals surface area contributed by atoms with Crippen molar-refractivity contribution < 1.29 is 9.59 Å². The van der Waals surface area contributed by atoms with Crippen LogP contribution in [0.2, 0.25) is 0 Å². The molecular weight excluding hydrogens is 360 g/mol. The van der Waals surface area contributed by atoms with Gasteiger partial charge in [-0.1, -0.05) is 26.2 Å². The SMILES string of the molecule is CCCN(CCN(C)C)C(=O)CC1(CC(=O)Nc2nccs2)CCCCC1. The average Bonchev–Trinajstić information content (AvgIpc) is 3.11. The predicted octanol–water partition coefficient (Wildman–Crippen LogP) is 3.61. The highest BCUT2D eigenvalue weighted by molar-refractivity contribution is 7.13. The van der Waals surface area contributed by atoms with Crippen molar-refractivity contribution in [2.24, 2.45) is 5.41 Å². The van der Waals surface area contributed by atoms with Crippen LogP contribution in [-0.4, -0.2) is 60.3 Å². The molecular formula is C20H34N4O2S. The molecule has 7 heteroatoms. The van der Waals surface area contributed by atoms with Crippen molar-refractivity contribution in [3.05, 3.63) is 11.6 Å². The molecule has 1 aliphatic carbocycles. The van der Waals surface area contributed by atoms with Crippen LogP contribution in [0.4, 0.5) is 5.13 Å². The normalized spacial score (nSPS) is 16.3. The highest BCUT2D eigenvalue weighted by Gasteiger charge is 2.37. The number of likely N-dealkylation sites (N-methyl/N-ethyl adjacent to an activating group) is 1. The van der Waals surface area contributed by atoms with E-state index < -0.39 is 0 Å². The van der Waals surface area contributed by atoms with E-state index in [0.717, 1.165) is 51.7 Å². The summed E-state index contributed by atoms with van der Waals surface area (Å²) in [5.74, 6) is 0.178. The smallest absolute Gasteiger partial charge is 0.226 e. The third kappa shape index (κ3) is 7.22. The van der Waals surface area contributed by atoms with Crippen molar-refractivity contribution in [2.75, 3.05) is 39.0 Å². The maximum Gasteiger partial charge on any atom is 0.226 e. The van der Waals surface area contributed by atoms with E-state index in [4.69, 9.17) is 0 Å². The van der Waals surface area contributed by atoms with Crippen LogP contribution in [0.3, 0.4) is 0 Å². The average molecular weight is 395 g/mol. The van der Waals surface area contributed by atoms with Gasteiger partial charge in [-0.15, -0.1) is 11.3 Å². The lowest BCUT2D eigenvalue weighted by molar-refractivity contribution is -0.135. The minimum Gasteiger partial charge on any atom is -0.341 e. The van der Waals surface area contributed by atoms with Gasteiger partial charge in [0.1, 0.15) is 0 Å². The second-order valence-corrected chi connectivity index (χ2v) is 8.88. The number of hydrogen-bond acceptors (Lipinski definition) is 5. The fraction of sp³-hybridized carbons (Fsp3) is 0.750. The molecule has 1 aliphatic rings. The number of nitrogens with one attached hydrogen (secondary N) is 1. The zero-order valence-electron chi connectivity index (χ0n) is 17.0. The van der Waals surface area contributed by atoms with Gasteiger partial charge in [-0.25, -0.2) is 4.98 Å². The van der Waals surface area contributed by atoms with Gasteiger partial charge in [-0.3, -0.25) is 9.59 Å². The van der Waals surface area contributed by atoms with Gasteiger partial charge < -0.3 is 15.1 Å². The molecule has 1 aromatic rings. The molecule has 0 radical (unpaired) electrons. The molecule has 0 aliphatic heterocycles. The Morgan fingerprint density at radius 2 is 1.89 bits per heavy atom. The summed E-state index contributed by atoms with van der Waals surface area (Å²) in [6.07, 6.45) is 8.84. The molecule has 0 saturated heterocycles. The number of amides is 2. The number of carbonyl (C=O) groups is 2. The second-order valence-electron chi connectivity index (χ2n) is 7.98. The Bertz CT molecular complexity index is 583. The van der Waals surface area contributed by atoms with E-state index in [2.05, 4.69) is 22.1 Å². The molecule has 2 amide bonds. The van der Waals surface area contributed by atoms with Crippen LogP contribution in [-0.2, 0) is 9.59 Å². The van der Waals surface area contributed by atoms with E-state index in [9.17, 15) is 9.59 Å². The first-order chi connectivity index (χ1) is 12.9. The van der Waals surface area contributed by atoms with Crippen LogP contribution >= 0.6 is 11.3 Å². The highest BCUT2D eigenvalue weighted by Crippen LogP contribution is 2.43. The zero-order chi connectivity index (χ0) is 19.7. The number of rotatable bonds is 10. The van der Waals surface area contributed by atoms with Gasteiger partial charge in [-0.2, -0.15) is 0 Å². The molecule has 2 rings (SSSR count). The van der Waals surface area contributed by atoms with E-state index in [1.807, 2.05) is 24.4 Å². The largest absolute Gasteiger partial charge is 0.341 e. The van der Waals surface area contributed by atoms with Crippen molar-refractivity contribution in [1.29, 1.82) is 0 Å². The summed E-state index contributed by atoms with van der Waals surface area (Å²) < 4.78 is 0. The summed E-state index contributed by atoms with van der Waals surface area (Å²) in [4.78, 5) is 33.9. The Labute approximate surface area is 167 Å². The summed E-state index contributed by atoms with van der Waals surface area (Å²) in [6, 6.07) is 0. The molecule has 1 saturated carbocycles. The number of nitrogens with zero attached hydrogens (tertiary/aromatic N) is 3. The number of aromatic nitrogens is 1. The van der Waals surface area contributed by atoms with Crippen LogP contribution in [0.5, 0.6) is 0 Å². The first kappa shape index (κ1) is 21.8. The Balaban J connectivity index is 2.02. The monoisotopic (exact) mass is 394 g/mol. The van der Waals surface area contributed by atoms with Crippen molar-refractivity contribution in [1.82, 2.24) is 14.8 Å². The van der Waals surface area contributed by atoms with Crippen molar-refractivity contribution >= 4 is 28.3 Å². The molecule has 0 spiro atoms. The quantitative estimate of drug-likeness (QED) is 0.658. The zero-order valence-corrected chi connectivity index (χ0v) is 17.8. The van der Waals surface area contributed by atoms with Crippen LogP contribution in [0, 0.1) is 5.41 Å². The second kappa shape index (κ2) is 10.8. The summed E-state index contributed by atoms with van der Waals surface area (Å²) in [5.41, 5.74) is -0.208. The molecule has 0 atom stereocenters. The molecule has 0 aromatic carbocycles. The molecule has 1 heterocycles. The molecule has 27 heavy (non-hydrogen) atoms. The number of anilines is 1. The van der Waals surface area contributed by atoms with Gasteiger partial charge in [-0.05, 0) is 38.8 Å². The summed E-state index contributed by atoms with van der Waals surface area (Å²) in [7, 11) is 4.06. The van der Waals surface area contributed by atoms with Crippen LogP contribution in [0.1, 0.15) is 58.3 Å². The summed E-state index contributed by atoms with van der Waals surface area (Å²) in [6.45, 7) is 4.51. The Kier molecular flexibility index (Phi) is 8.70. The minimum atomic E-state index is -0.208. The highest BCUT2D eigenvalue weighted by atomic mass is 32.1. The first-order valence-electron chi connectivity index (χ1n) is 10.1. The third-order valence-electron chi connectivity index (χ3n) is 5.32. The van der Waals surface area contributed by atoms with E-state index in [1.165, 1.54) is 17.8 Å². The van der Waals surface area contributed by atoms with Gasteiger partial charge in [0.15, 0.2) is 5.13 Å². The molecule has 152 valence electrons. The van der Waals surface area contributed by atoms with Gasteiger partial charge in [0.05, 0.1) is 0 Å². The fourth-order valence-corrected chi connectivity index (χ4v) is 4.44. The fourth-order valence-electron chi connectivity index (χ4n) is 3.89. The van der Waals surface area contributed by atoms with E-state index in [1.54, 1.807) is 6.20 Å². The van der Waals surface area contributed by atoms with E-state index in [-0.39, 0.29) is 17.2 Å². The number of thiazole rings is 1. The van der Waals surface area contributed by atoms with Gasteiger partial charge >= 0.3 is 0 Å². The van der Waals surface area contributed by atoms with Crippen LogP contribution in [0.25, 0.3) is 0 Å². The molecule has 0 unspecified atom stereocenters. The van der Waals surface area contributed by atoms with Crippen molar-refractivity contribution in [3.63, 3.8) is 0 Å². The number of hydrogen-bond donors (Lipinski definition) is 1. The standard InChI is InChI=1S/C20H34N4O2S/c1-4-11-24(13-12-23(2)3)18(26)16-20(8-6-5-7-9-20)15-17(25)22-19-21-10-14-27-19/h10,14H,4-9,11-13,15-16H2,1-3H3,(H,21,22,25). The predicted molar refractivity (Wildman–Crippen MR) is 111 cm³/mol. The minimum absolute atomic E-state index is 0.0185. The van der Waals surface area contributed by atoms with Crippen molar-refractivity contribution in [2.45, 2.75) is 58.3 Å². The van der Waals surface area contributed by atoms with Crippen LogP contribution in [0.15, 0.2) is 11.6 Å².